The second kappa shape index (κ2) is 12.0. The van der Waals surface area contributed by atoms with Gasteiger partial charge in [-0.15, -0.1) is 11.8 Å². The summed E-state index contributed by atoms with van der Waals surface area (Å²) in [5.41, 5.74) is 0.705. The first kappa shape index (κ1) is 25.6. The van der Waals surface area contributed by atoms with E-state index in [1.54, 1.807) is 42.1 Å². The third-order valence-corrected chi connectivity index (χ3v) is 6.86. The lowest BCUT2D eigenvalue weighted by atomic mass is 9.85. The Hall–Kier alpha value is -3.46. The number of halogens is 2. The molecule has 1 aliphatic rings. The molecule has 0 unspecified atom stereocenters. The fraction of sp³-hybridized carbons (Fsp3) is 0.296. The van der Waals surface area contributed by atoms with Gasteiger partial charge in [0.1, 0.15) is 17.1 Å². The van der Waals surface area contributed by atoms with Crippen molar-refractivity contribution in [3.63, 3.8) is 0 Å². The number of hydrogen-bond acceptors (Lipinski definition) is 5. The second-order valence-corrected chi connectivity index (χ2v) is 9.53. The highest BCUT2D eigenvalue weighted by Crippen LogP contribution is 2.29. The van der Waals surface area contributed by atoms with Crippen LogP contribution in [0.5, 0.6) is 11.6 Å². The Balaban J connectivity index is 1.35. The van der Waals surface area contributed by atoms with Gasteiger partial charge in [0, 0.05) is 16.9 Å². The van der Waals surface area contributed by atoms with E-state index in [-0.39, 0.29) is 29.2 Å². The van der Waals surface area contributed by atoms with Gasteiger partial charge in [-0.3, -0.25) is 9.59 Å². The lowest BCUT2D eigenvalue weighted by Gasteiger charge is -2.29. The Kier molecular flexibility index (Phi) is 8.53. The van der Waals surface area contributed by atoms with Gasteiger partial charge < -0.3 is 10.1 Å². The Morgan fingerprint density at radius 2 is 1.83 bits per heavy atom. The molecule has 0 radical (unpaired) electrons. The van der Waals surface area contributed by atoms with Gasteiger partial charge in [-0.2, -0.15) is 5.12 Å². The van der Waals surface area contributed by atoms with E-state index in [0.29, 0.717) is 31.4 Å². The summed E-state index contributed by atoms with van der Waals surface area (Å²) in [4.78, 5) is 30.5. The predicted molar refractivity (Wildman–Crippen MR) is 134 cm³/mol. The maximum atomic E-state index is 14.5. The van der Waals surface area contributed by atoms with Crippen molar-refractivity contribution < 1.29 is 23.2 Å². The molecule has 2 amide bonds. The first-order valence-corrected chi connectivity index (χ1v) is 12.9. The highest BCUT2D eigenvalue weighted by molar-refractivity contribution is 7.98. The molecule has 0 atom stereocenters. The summed E-state index contributed by atoms with van der Waals surface area (Å²) in [6, 6.07) is 17.1. The van der Waals surface area contributed by atoms with E-state index in [0.717, 1.165) is 22.7 Å². The van der Waals surface area contributed by atoms with Gasteiger partial charge in [-0.25, -0.2) is 9.37 Å². The van der Waals surface area contributed by atoms with Crippen LogP contribution in [0.4, 0.5) is 8.87 Å². The predicted octanol–water partition coefficient (Wildman–Crippen LogP) is 5.94. The van der Waals surface area contributed by atoms with Gasteiger partial charge in [0.15, 0.2) is 0 Å². The minimum atomic E-state index is -0.652. The van der Waals surface area contributed by atoms with Crippen molar-refractivity contribution in [1.82, 2.24) is 15.4 Å². The van der Waals surface area contributed by atoms with Crippen LogP contribution >= 0.6 is 11.8 Å². The zero-order valence-corrected chi connectivity index (χ0v) is 20.6. The van der Waals surface area contributed by atoms with Gasteiger partial charge in [0.25, 0.3) is 11.8 Å². The molecule has 0 bridgehead atoms. The number of hydrogen-bond donors (Lipinski definition) is 1. The zero-order valence-electron chi connectivity index (χ0n) is 19.8. The monoisotopic (exact) mass is 511 g/mol. The minimum Gasteiger partial charge on any atom is -0.438 e. The third kappa shape index (κ3) is 6.60. The van der Waals surface area contributed by atoms with E-state index in [1.165, 1.54) is 0 Å². The molecule has 6 nitrogen and oxygen atoms in total. The first-order chi connectivity index (χ1) is 17.4. The summed E-state index contributed by atoms with van der Waals surface area (Å²) in [7, 11) is 0. The van der Waals surface area contributed by atoms with E-state index in [1.807, 2.05) is 30.5 Å². The van der Waals surface area contributed by atoms with E-state index in [4.69, 9.17) is 4.74 Å². The molecule has 1 aromatic heterocycles. The third-order valence-electron chi connectivity index (χ3n) is 6.13. The average Bonchev–Trinajstić information content (AvgIpc) is 2.90. The smallest absolute Gasteiger partial charge is 0.257 e. The van der Waals surface area contributed by atoms with Crippen LogP contribution < -0.4 is 10.1 Å². The maximum absolute atomic E-state index is 14.5. The van der Waals surface area contributed by atoms with Gasteiger partial charge in [-0.05, 0) is 61.8 Å². The number of carbonyl (C=O) groups is 2. The van der Waals surface area contributed by atoms with Crippen molar-refractivity contribution in [1.29, 1.82) is 0 Å². The number of nitrogens with one attached hydrogen (secondary N) is 1. The Labute approximate surface area is 213 Å². The maximum Gasteiger partial charge on any atom is 0.257 e. The summed E-state index contributed by atoms with van der Waals surface area (Å²) in [5, 5.41) is 3.16. The fourth-order valence-corrected chi connectivity index (χ4v) is 4.66. The van der Waals surface area contributed by atoms with Gasteiger partial charge in [-0.1, -0.05) is 40.9 Å². The van der Waals surface area contributed by atoms with Crippen LogP contribution in [0.25, 0.3) is 0 Å². The molecule has 2 aromatic carbocycles. The number of rotatable bonds is 8. The lowest BCUT2D eigenvalue weighted by Crippen LogP contribution is -2.40. The van der Waals surface area contributed by atoms with Crippen LogP contribution in [0.15, 0.2) is 71.8 Å². The lowest BCUT2D eigenvalue weighted by molar-refractivity contribution is -0.153. The SMILES string of the molecule is CSc1cccc(Oc2ncc(F)cc2C(=O)NC2CCC(C(=O)N(F)Cc3ccccc3)CC2)c1. The quantitative estimate of drug-likeness (QED) is 0.300. The summed E-state index contributed by atoms with van der Waals surface area (Å²) in [6.45, 7) is -0.0917. The molecule has 4 rings (SSSR count). The number of thioether (sulfide) groups is 1. The molecular formula is C27H27F2N3O3S. The van der Waals surface area contributed by atoms with Crippen LogP contribution in [-0.4, -0.2) is 34.2 Å². The molecule has 1 heterocycles. The number of amides is 2. The van der Waals surface area contributed by atoms with Crippen molar-refractivity contribution in [2.24, 2.45) is 5.92 Å². The van der Waals surface area contributed by atoms with Crippen LogP contribution in [0, 0.1) is 11.7 Å². The molecule has 36 heavy (non-hydrogen) atoms. The Morgan fingerprint density at radius 3 is 2.56 bits per heavy atom. The normalized spacial score (nSPS) is 17.3. The highest BCUT2D eigenvalue weighted by atomic mass is 32.2. The van der Waals surface area contributed by atoms with Crippen molar-refractivity contribution in [2.45, 2.75) is 43.2 Å². The van der Waals surface area contributed by atoms with Crippen molar-refractivity contribution >= 4 is 23.6 Å². The molecular weight excluding hydrogens is 484 g/mol. The molecule has 1 aliphatic carbocycles. The molecule has 188 valence electrons. The second-order valence-electron chi connectivity index (χ2n) is 8.65. The van der Waals surface area contributed by atoms with Crippen molar-refractivity contribution in [3.05, 3.63) is 83.8 Å². The Morgan fingerprint density at radius 1 is 1.08 bits per heavy atom. The van der Waals surface area contributed by atoms with E-state index in [9.17, 15) is 18.5 Å². The van der Waals surface area contributed by atoms with Crippen LogP contribution in [-0.2, 0) is 11.3 Å². The average molecular weight is 512 g/mol. The van der Waals surface area contributed by atoms with Crippen molar-refractivity contribution in [2.75, 3.05) is 6.26 Å². The van der Waals surface area contributed by atoms with E-state index in [2.05, 4.69) is 10.3 Å². The topological polar surface area (TPSA) is 71.5 Å². The minimum absolute atomic E-state index is 0.00463. The standard InChI is InChI=1S/C27H27F2N3O3S/c1-36-23-9-5-8-22(15-23)35-26-24(14-20(28)16-30-26)25(33)31-21-12-10-19(11-13-21)27(34)32(29)17-18-6-3-2-4-7-18/h2-9,14-16,19,21H,10-13,17H2,1H3,(H,31,33). The number of carbonyl (C=O) groups excluding carboxylic acids is 2. The van der Waals surface area contributed by atoms with Crippen molar-refractivity contribution in [3.8, 4) is 11.6 Å². The number of ether oxygens (including phenoxy) is 1. The fourth-order valence-electron chi connectivity index (χ4n) is 4.21. The molecule has 1 saturated carbocycles. The first-order valence-electron chi connectivity index (χ1n) is 11.7. The summed E-state index contributed by atoms with van der Waals surface area (Å²) < 4.78 is 34.2. The van der Waals surface area contributed by atoms with E-state index < -0.39 is 23.5 Å². The molecule has 0 saturated heterocycles. The number of aromatic nitrogens is 1. The number of benzene rings is 2. The zero-order chi connectivity index (χ0) is 25.5. The van der Waals surface area contributed by atoms with Crippen LogP contribution in [0.3, 0.4) is 0 Å². The van der Waals surface area contributed by atoms with Gasteiger partial charge >= 0.3 is 0 Å². The summed E-state index contributed by atoms with van der Waals surface area (Å²) >= 11 is 1.54. The number of nitrogens with zero attached hydrogens (tertiary/aromatic N) is 2. The molecule has 0 aliphatic heterocycles. The highest BCUT2D eigenvalue weighted by Gasteiger charge is 2.31. The molecule has 3 aromatic rings. The van der Waals surface area contributed by atoms with Gasteiger partial charge in [0.05, 0.1) is 12.7 Å². The number of pyridine rings is 1. The van der Waals surface area contributed by atoms with Crippen LogP contribution in [0.1, 0.15) is 41.6 Å². The molecule has 0 spiro atoms. The molecule has 1 fully saturated rings. The molecule has 1 N–H and O–H groups in total. The van der Waals surface area contributed by atoms with Gasteiger partial charge in [0.2, 0.25) is 5.88 Å². The summed E-state index contributed by atoms with van der Waals surface area (Å²) in [6.07, 6.45) is 4.85. The Bertz CT molecular complexity index is 1200. The molecule has 9 heteroatoms. The largest absolute Gasteiger partial charge is 0.438 e. The summed E-state index contributed by atoms with van der Waals surface area (Å²) in [5.74, 6) is -1.65. The van der Waals surface area contributed by atoms with Crippen LogP contribution in [0.2, 0.25) is 0 Å². The van der Waals surface area contributed by atoms with E-state index >= 15 is 0 Å².